The van der Waals surface area contributed by atoms with Gasteiger partial charge in [0.15, 0.2) is 11.5 Å². The topological polar surface area (TPSA) is 57.5 Å². The first-order valence-electron chi connectivity index (χ1n) is 9.31. The van der Waals surface area contributed by atoms with Crippen molar-refractivity contribution in [2.45, 2.75) is 26.4 Å². The highest BCUT2D eigenvalue weighted by molar-refractivity contribution is 5.55. The molecular weight excluding hydrogens is 373 g/mol. The van der Waals surface area contributed by atoms with Gasteiger partial charge in [0.1, 0.15) is 5.82 Å². The van der Waals surface area contributed by atoms with Gasteiger partial charge in [0, 0.05) is 29.4 Å². The van der Waals surface area contributed by atoms with Crippen LogP contribution in [0.3, 0.4) is 0 Å². The lowest BCUT2D eigenvalue weighted by molar-refractivity contribution is 0.321. The summed E-state index contributed by atoms with van der Waals surface area (Å²) in [4.78, 5) is 0. The molecule has 3 aromatic rings. The van der Waals surface area contributed by atoms with Crippen molar-refractivity contribution >= 4 is 0 Å². The molecule has 0 amide bonds. The van der Waals surface area contributed by atoms with Gasteiger partial charge in [-0.3, -0.25) is 0 Å². The minimum absolute atomic E-state index is 0.0233. The minimum Gasteiger partial charge on any atom is -0.493 e. The van der Waals surface area contributed by atoms with E-state index in [1.807, 2.05) is 31.3 Å². The van der Waals surface area contributed by atoms with Crippen LogP contribution < -0.4 is 19.5 Å². The minimum atomic E-state index is -0.286. The third-order valence-electron chi connectivity index (χ3n) is 4.95. The number of hydrogen-bond donors (Lipinski definition) is 1. The van der Waals surface area contributed by atoms with Crippen molar-refractivity contribution in [3.8, 4) is 22.9 Å². The van der Waals surface area contributed by atoms with Gasteiger partial charge in [-0.25, -0.2) is 9.07 Å². The van der Waals surface area contributed by atoms with E-state index in [2.05, 4.69) is 17.3 Å². The maximum atomic E-state index is 13.6. The van der Waals surface area contributed by atoms with Gasteiger partial charge in [0.2, 0.25) is 5.75 Å². The van der Waals surface area contributed by atoms with E-state index in [4.69, 9.17) is 14.2 Å². The molecule has 29 heavy (non-hydrogen) atoms. The molecule has 0 spiro atoms. The number of aromatic nitrogens is 2. The average Bonchev–Trinajstić information content (AvgIpc) is 3.12. The Hall–Kier alpha value is -3.06. The Labute approximate surface area is 170 Å². The number of ether oxygens (including phenoxy) is 3. The van der Waals surface area contributed by atoms with Crippen molar-refractivity contribution in [1.82, 2.24) is 15.1 Å². The quantitative estimate of drug-likeness (QED) is 0.615. The van der Waals surface area contributed by atoms with Crippen LogP contribution in [0.4, 0.5) is 4.39 Å². The molecule has 0 saturated heterocycles. The molecule has 0 aliphatic heterocycles. The van der Waals surface area contributed by atoms with Crippen LogP contribution in [0.1, 0.15) is 29.8 Å². The number of rotatable bonds is 8. The van der Waals surface area contributed by atoms with Crippen LogP contribution in [0, 0.1) is 12.7 Å². The Balaban J connectivity index is 1.79. The maximum absolute atomic E-state index is 13.6. The molecule has 2 aromatic carbocycles. The first-order valence-corrected chi connectivity index (χ1v) is 9.31. The van der Waals surface area contributed by atoms with Crippen LogP contribution in [0.5, 0.6) is 17.2 Å². The number of methoxy groups -OCH3 is 3. The molecule has 1 N–H and O–H groups in total. The monoisotopic (exact) mass is 399 g/mol. The lowest BCUT2D eigenvalue weighted by atomic mass is 10.1. The normalized spacial score (nSPS) is 11.9. The molecule has 154 valence electrons. The molecule has 0 radical (unpaired) electrons. The van der Waals surface area contributed by atoms with Crippen LogP contribution in [0.25, 0.3) is 5.69 Å². The predicted octanol–water partition coefficient (Wildman–Crippen LogP) is 4.20. The molecule has 1 aromatic heterocycles. The Morgan fingerprint density at radius 1 is 1.07 bits per heavy atom. The van der Waals surface area contributed by atoms with Gasteiger partial charge < -0.3 is 19.5 Å². The molecule has 0 saturated carbocycles. The largest absolute Gasteiger partial charge is 0.493 e. The van der Waals surface area contributed by atoms with Gasteiger partial charge in [-0.05, 0) is 38.1 Å². The highest BCUT2D eigenvalue weighted by atomic mass is 19.1. The average molecular weight is 399 g/mol. The van der Waals surface area contributed by atoms with E-state index in [9.17, 15) is 4.39 Å². The van der Waals surface area contributed by atoms with E-state index in [1.54, 1.807) is 32.1 Å². The summed E-state index contributed by atoms with van der Waals surface area (Å²) in [5, 5.41) is 7.93. The lowest BCUT2D eigenvalue weighted by Gasteiger charge is -2.18. The standard InChI is InChI=1S/C22H26FN3O3/c1-14(19-13-25-26(15(19)2)18-8-6-7-17(23)11-18)24-12-16-9-10-20(27-3)22(29-5)21(16)28-4/h6-11,13-14,24H,12H2,1-5H3/t14-/m0/s1. The van der Waals surface area contributed by atoms with Crippen LogP contribution in [-0.2, 0) is 6.54 Å². The van der Waals surface area contributed by atoms with Crippen molar-refractivity contribution < 1.29 is 18.6 Å². The number of hydrogen-bond acceptors (Lipinski definition) is 5. The first kappa shape index (κ1) is 20.7. The molecule has 1 heterocycles. The fourth-order valence-corrected chi connectivity index (χ4v) is 3.39. The highest BCUT2D eigenvalue weighted by Gasteiger charge is 2.18. The smallest absolute Gasteiger partial charge is 0.203 e. The Kier molecular flexibility index (Phi) is 6.39. The Morgan fingerprint density at radius 2 is 1.83 bits per heavy atom. The predicted molar refractivity (Wildman–Crippen MR) is 110 cm³/mol. The molecule has 1 atom stereocenters. The molecule has 3 rings (SSSR count). The SMILES string of the molecule is COc1ccc(CN[C@@H](C)c2cnn(-c3cccc(F)c3)c2C)c(OC)c1OC. The highest BCUT2D eigenvalue weighted by Crippen LogP contribution is 2.39. The van der Waals surface area contributed by atoms with E-state index in [-0.39, 0.29) is 11.9 Å². The number of nitrogens with one attached hydrogen (secondary N) is 1. The van der Waals surface area contributed by atoms with Gasteiger partial charge in [0.25, 0.3) is 0 Å². The lowest BCUT2D eigenvalue weighted by Crippen LogP contribution is -2.19. The van der Waals surface area contributed by atoms with E-state index < -0.39 is 0 Å². The first-order chi connectivity index (χ1) is 14.0. The van der Waals surface area contributed by atoms with Gasteiger partial charge >= 0.3 is 0 Å². The Morgan fingerprint density at radius 3 is 2.48 bits per heavy atom. The van der Waals surface area contributed by atoms with Gasteiger partial charge in [-0.2, -0.15) is 5.10 Å². The molecule has 0 bridgehead atoms. The number of benzene rings is 2. The molecule has 0 aliphatic carbocycles. The fourth-order valence-electron chi connectivity index (χ4n) is 3.39. The third-order valence-corrected chi connectivity index (χ3v) is 4.95. The summed E-state index contributed by atoms with van der Waals surface area (Å²) in [5.74, 6) is 1.54. The maximum Gasteiger partial charge on any atom is 0.203 e. The van der Waals surface area contributed by atoms with E-state index >= 15 is 0 Å². The molecular formula is C22H26FN3O3. The van der Waals surface area contributed by atoms with Crippen LogP contribution >= 0.6 is 0 Å². The molecule has 0 aliphatic rings. The molecule has 6 nitrogen and oxygen atoms in total. The number of halogens is 1. The van der Waals surface area contributed by atoms with Crippen LogP contribution in [-0.4, -0.2) is 31.1 Å². The van der Waals surface area contributed by atoms with E-state index in [1.165, 1.54) is 12.1 Å². The molecule has 7 heteroatoms. The van der Waals surface area contributed by atoms with Crippen LogP contribution in [0.2, 0.25) is 0 Å². The van der Waals surface area contributed by atoms with Gasteiger partial charge in [-0.15, -0.1) is 0 Å². The number of nitrogens with zero attached hydrogens (tertiary/aromatic N) is 2. The second-order valence-electron chi connectivity index (χ2n) is 6.67. The molecule has 0 fully saturated rings. The second kappa shape index (κ2) is 8.96. The van der Waals surface area contributed by atoms with Crippen molar-refractivity contribution in [3.63, 3.8) is 0 Å². The van der Waals surface area contributed by atoms with E-state index in [0.29, 0.717) is 29.5 Å². The fraction of sp³-hybridized carbons (Fsp3) is 0.318. The van der Waals surface area contributed by atoms with Crippen molar-refractivity contribution in [2.24, 2.45) is 0 Å². The summed E-state index contributed by atoms with van der Waals surface area (Å²) in [6.45, 7) is 4.60. The summed E-state index contributed by atoms with van der Waals surface area (Å²) in [7, 11) is 4.79. The van der Waals surface area contributed by atoms with Crippen LogP contribution in [0.15, 0.2) is 42.6 Å². The summed E-state index contributed by atoms with van der Waals surface area (Å²) < 4.78 is 31.6. The zero-order chi connectivity index (χ0) is 21.0. The zero-order valence-electron chi connectivity index (χ0n) is 17.3. The van der Waals surface area contributed by atoms with E-state index in [0.717, 1.165) is 16.8 Å². The third kappa shape index (κ3) is 4.19. The van der Waals surface area contributed by atoms with Crippen molar-refractivity contribution in [3.05, 3.63) is 65.2 Å². The summed E-state index contributed by atoms with van der Waals surface area (Å²) in [5.41, 5.74) is 3.64. The van der Waals surface area contributed by atoms with Crippen molar-refractivity contribution in [1.29, 1.82) is 0 Å². The molecule has 0 unspecified atom stereocenters. The van der Waals surface area contributed by atoms with Crippen molar-refractivity contribution in [2.75, 3.05) is 21.3 Å². The summed E-state index contributed by atoms with van der Waals surface area (Å²) >= 11 is 0. The Bertz CT molecular complexity index is 987. The van der Waals surface area contributed by atoms with Gasteiger partial charge in [0.05, 0.1) is 33.2 Å². The zero-order valence-corrected chi connectivity index (χ0v) is 17.3. The van der Waals surface area contributed by atoms with Gasteiger partial charge in [-0.1, -0.05) is 12.1 Å². The summed E-state index contributed by atoms with van der Waals surface area (Å²) in [6.07, 6.45) is 1.81. The second-order valence-corrected chi connectivity index (χ2v) is 6.67. The summed E-state index contributed by atoms with van der Waals surface area (Å²) in [6, 6.07) is 10.2.